The van der Waals surface area contributed by atoms with Crippen LogP contribution in [0.4, 0.5) is 28.9 Å². The third-order valence-corrected chi connectivity index (χ3v) is 7.40. The Labute approximate surface area is 263 Å². The summed E-state index contributed by atoms with van der Waals surface area (Å²) in [6.07, 6.45) is -1.08. The maximum atomic E-state index is 14.9. The first-order valence-corrected chi connectivity index (χ1v) is 13.6. The summed E-state index contributed by atoms with van der Waals surface area (Å²) < 4.78 is 62.5. The van der Waals surface area contributed by atoms with Crippen LogP contribution in [-0.4, -0.2) is 13.1 Å². The molecule has 5 rings (SSSR count). The lowest BCUT2D eigenvalue weighted by Crippen LogP contribution is -3.00. The average Bonchev–Trinajstić information content (AvgIpc) is 2.96. The van der Waals surface area contributed by atoms with E-state index in [0.717, 1.165) is 35.9 Å². The maximum absolute atomic E-state index is 14.9. The number of nitrogens with one attached hydrogen (secondary N) is 1. The number of halogens is 5. The summed E-state index contributed by atoms with van der Waals surface area (Å²) in [5.41, 5.74) is 2.11. The van der Waals surface area contributed by atoms with E-state index in [4.69, 9.17) is 4.42 Å². The molecule has 0 radical (unpaired) electrons. The fourth-order valence-corrected chi connectivity index (χ4v) is 5.06. The number of benzene rings is 3. The van der Waals surface area contributed by atoms with E-state index < -0.39 is 23.2 Å². The van der Waals surface area contributed by atoms with E-state index >= 15 is 0 Å². The van der Waals surface area contributed by atoms with Gasteiger partial charge in [-0.25, -0.2) is 9.18 Å². The molecule has 0 amide bonds. The van der Waals surface area contributed by atoms with Crippen LogP contribution in [0.2, 0.25) is 0 Å². The van der Waals surface area contributed by atoms with E-state index in [9.17, 15) is 22.4 Å². The SMILES string of the molecule is CCN(CC)c1ccc2cc(/C=C/c3ccc4cc(F)c(NCc5ccccc5C(F)(F)F)cc4[n+]3C)c(=O)oc2c1.[I-]. The van der Waals surface area contributed by atoms with Crippen molar-refractivity contribution in [2.24, 2.45) is 7.05 Å². The predicted molar refractivity (Wildman–Crippen MR) is 159 cm³/mol. The second kappa shape index (κ2) is 13.2. The Morgan fingerprint density at radius 2 is 1.65 bits per heavy atom. The minimum absolute atomic E-state index is 0. The topological polar surface area (TPSA) is 49.4 Å². The van der Waals surface area contributed by atoms with Crippen molar-refractivity contribution in [3.8, 4) is 0 Å². The van der Waals surface area contributed by atoms with Gasteiger partial charge in [0.15, 0.2) is 0 Å². The number of fused-ring (bicyclic) bond motifs is 2. The van der Waals surface area contributed by atoms with Crippen molar-refractivity contribution in [2.45, 2.75) is 26.6 Å². The number of aromatic nitrogens is 1. The summed E-state index contributed by atoms with van der Waals surface area (Å²) in [7, 11) is 1.79. The highest BCUT2D eigenvalue weighted by atomic mass is 127. The lowest BCUT2D eigenvalue weighted by molar-refractivity contribution is -0.646. The quantitative estimate of drug-likeness (QED) is 0.112. The number of anilines is 2. The molecule has 0 saturated carbocycles. The van der Waals surface area contributed by atoms with Crippen molar-refractivity contribution in [3.63, 3.8) is 0 Å². The van der Waals surface area contributed by atoms with Gasteiger partial charge < -0.3 is 38.6 Å². The first-order chi connectivity index (χ1) is 20.1. The van der Waals surface area contributed by atoms with E-state index in [2.05, 4.69) is 24.1 Å². The molecule has 0 unspecified atom stereocenters. The van der Waals surface area contributed by atoms with E-state index in [1.165, 1.54) is 24.3 Å². The molecule has 3 aromatic carbocycles. The Morgan fingerprint density at radius 3 is 2.37 bits per heavy atom. The van der Waals surface area contributed by atoms with Crippen molar-refractivity contribution < 1.29 is 50.5 Å². The lowest BCUT2D eigenvalue weighted by Gasteiger charge is -2.20. The van der Waals surface area contributed by atoms with Crippen molar-refractivity contribution in [2.75, 3.05) is 23.3 Å². The summed E-state index contributed by atoms with van der Waals surface area (Å²) in [5.74, 6) is -0.576. The average molecular weight is 704 g/mol. The van der Waals surface area contributed by atoms with Gasteiger partial charge in [0.25, 0.3) is 0 Å². The number of hydrogen-bond acceptors (Lipinski definition) is 4. The molecule has 43 heavy (non-hydrogen) atoms. The highest BCUT2D eigenvalue weighted by Gasteiger charge is 2.32. The number of alkyl halides is 3. The van der Waals surface area contributed by atoms with E-state index in [0.29, 0.717) is 22.0 Å². The van der Waals surface area contributed by atoms with Crippen LogP contribution in [0.1, 0.15) is 36.2 Å². The van der Waals surface area contributed by atoms with Gasteiger partial charge in [-0.05, 0) is 61.9 Å². The van der Waals surface area contributed by atoms with Gasteiger partial charge in [0.1, 0.15) is 18.4 Å². The van der Waals surface area contributed by atoms with Crippen molar-refractivity contribution in [3.05, 3.63) is 111 Å². The summed E-state index contributed by atoms with van der Waals surface area (Å²) in [6, 6.07) is 19.2. The van der Waals surface area contributed by atoms with Gasteiger partial charge in [-0.3, -0.25) is 0 Å². The van der Waals surface area contributed by atoms with Crippen LogP contribution in [0.15, 0.2) is 82.0 Å². The Hall–Kier alpha value is -3.93. The molecule has 224 valence electrons. The number of aryl methyl sites for hydroxylation is 1. The van der Waals surface area contributed by atoms with Crippen molar-refractivity contribution >= 4 is 45.4 Å². The molecule has 0 saturated heterocycles. The van der Waals surface area contributed by atoms with Crippen LogP contribution in [-0.2, 0) is 19.8 Å². The molecule has 1 N–H and O–H groups in total. The molecule has 2 aromatic heterocycles. The Bertz CT molecular complexity index is 1860. The zero-order valence-corrected chi connectivity index (χ0v) is 26.0. The Kier molecular flexibility index (Phi) is 9.79. The third-order valence-electron chi connectivity index (χ3n) is 7.40. The minimum Gasteiger partial charge on any atom is -1.00 e. The highest BCUT2D eigenvalue weighted by Crippen LogP contribution is 2.32. The number of hydrogen-bond donors (Lipinski definition) is 1. The smallest absolute Gasteiger partial charge is 0.416 e. The van der Waals surface area contributed by atoms with Gasteiger partial charge in [-0.15, -0.1) is 0 Å². The van der Waals surface area contributed by atoms with Gasteiger partial charge in [0.05, 0.1) is 16.8 Å². The van der Waals surface area contributed by atoms with Crippen LogP contribution >= 0.6 is 0 Å². The second-order valence-corrected chi connectivity index (χ2v) is 9.93. The van der Waals surface area contributed by atoms with Crippen molar-refractivity contribution in [1.82, 2.24) is 0 Å². The minimum atomic E-state index is -4.51. The van der Waals surface area contributed by atoms with Crippen LogP contribution < -0.4 is 44.4 Å². The summed E-state index contributed by atoms with van der Waals surface area (Å²) >= 11 is 0. The van der Waals surface area contributed by atoms with Crippen LogP contribution in [0.5, 0.6) is 0 Å². The fraction of sp³-hybridized carbons (Fsp3) is 0.212. The normalized spacial score (nSPS) is 11.7. The van der Waals surface area contributed by atoms with Gasteiger partial charge in [-0.1, -0.05) is 18.2 Å². The summed E-state index contributed by atoms with van der Waals surface area (Å²) in [4.78, 5) is 14.9. The van der Waals surface area contributed by atoms with E-state index in [1.54, 1.807) is 43.5 Å². The molecule has 0 aliphatic rings. The molecule has 0 atom stereocenters. The van der Waals surface area contributed by atoms with Gasteiger partial charge in [0.2, 0.25) is 11.2 Å². The molecule has 2 heterocycles. The number of rotatable bonds is 8. The monoisotopic (exact) mass is 703 g/mol. The molecule has 0 fully saturated rings. The summed E-state index contributed by atoms with van der Waals surface area (Å²) in [6.45, 7) is 5.61. The largest absolute Gasteiger partial charge is 1.00 e. The Morgan fingerprint density at radius 1 is 0.930 bits per heavy atom. The standard InChI is InChI=1S/C33H29F4N3O2.HI/c1-4-40(5-2)26-15-11-22-16-23(32(41)42-31(22)18-26)12-14-25-13-10-21-17-28(34)29(19-30(21)39(25)3)38-20-24-8-6-7-9-27(24)33(35,36)37;/h6-19H,4-5,20H2,1-3H3;1H/b14-12+;. The first-order valence-electron chi connectivity index (χ1n) is 13.6. The zero-order valence-electron chi connectivity index (χ0n) is 23.8. The Balaban J connectivity index is 0.00000423. The van der Waals surface area contributed by atoms with E-state index in [-0.39, 0.29) is 41.8 Å². The molecule has 0 aliphatic carbocycles. The number of nitrogens with zero attached hydrogens (tertiary/aromatic N) is 2. The molecular formula is C33H30F4IN3O2. The highest BCUT2D eigenvalue weighted by molar-refractivity contribution is 5.84. The molecule has 0 bridgehead atoms. The summed E-state index contributed by atoms with van der Waals surface area (Å²) in [5, 5.41) is 4.23. The molecule has 10 heteroatoms. The van der Waals surface area contributed by atoms with Crippen molar-refractivity contribution in [1.29, 1.82) is 0 Å². The molecule has 5 nitrogen and oxygen atoms in total. The van der Waals surface area contributed by atoms with Gasteiger partial charge in [-0.2, -0.15) is 17.7 Å². The fourth-order valence-electron chi connectivity index (χ4n) is 5.06. The third kappa shape index (κ3) is 6.84. The molecule has 0 spiro atoms. The van der Waals surface area contributed by atoms with Gasteiger partial charge >= 0.3 is 11.8 Å². The van der Waals surface area contributed by atoms with Gasteiger partial charge in [0, 0.05) is 60.4 Å². The van der Waals surface area contributed by atoms with Crippen LogP contribution in [0.25, 0.3) is 34.0 Å². The first kappa shape index (κ1) is 32.0. The second-order valence-electron chi connectivity index (χ2n) is 9.93. The van der Waals surface area contributed by atoms with E-state index in [1.807, 2.05) is 22.8 Å². The molecular weight excluding hydrogens is 673 g/mol. The number of pyridine rings is 1. The lowest BCUT2D eigenvalue weighted by atomic mass is 10.1. The predicted octanol–water partition coefficient (Wildman–Crippen LogP) is 4.56. The van der Waals surface area contributed by atoms with Crippen LogP contribution in [0.3, 0.4) is 0 Å². The zero-order chi connectivity index (χ0) is 30.0. The molecule has 5 aromatic rings. The van der Waals surface area contributed by atoms with Crippen LogP contribution in [0, 0.1) is 5.82 Å². The molecule has 0 aliphatic heterocycles. The maximum Gasteiger partial charge on any atom is 0.416 e.